The van der Waals surface area contributed by atoms with Gasteiger partial charge in [-0.25, -0.2) is 13.1 Å². The van der Waals surface area contributed by atoms with Crippen molar-refractivity contribution in [2.24, 2.45) is 5.92 Å². The van der Waals surface area contributed by atoms with Gasteiger partial charge < -0.3 is 5.32 Å². The zero-order chi connectivity index (χ0) is 14.4. The van der Waals surface area contributed by atoms with Crippen LogP contribution in [0.4, 0.5) is 0 Å². The van der Waals surface area contributed by atoms with Gasteiger partial charge in [-0.1, -0.05) is 13.0 Å². The molecule has 0 spiro atoms. The van der Waals surface area contributed by atoms with Crippen LogP contribution in [-0.4, -0.2) is 32.2 Å². The highest BCUT2D eigenvalue weighted by Gasteiger charge is 2.21. The molecular formula is C14H23N3O2S. The molecule has 5 nitrogen and oxygen atoms in total. The van der Waals surface area contributed by atoms with Crippen molar-refractivity contribution in [2.45, 2.75) is 32.7 Å². The van der Waals surface area contributed by atoms with Crippen molar-refractivity contribution in [1.29, 1.82) is 0 Å². The fourth-order valence-electron chi connectivity index (χ4n) is 2.57. The van der Waals surface area contributed by atoms with Crippen molar-refractivity contribution in [3.8, 4) is 0 Å². The number of nitrogens with zero attached hydrogens (tertiary/aromatic N) is 1. The summed E-state index contributed by atoms with van der Waals surface area (Å²) in [4.78, 5) is 4.26. The average molecular weight is 297 g/mol. The summed E-state index contributed by atoms with van der Waals surface area (Å²) in [6.07, 6.45) is 4.60. The van der Waals surface area contributed by atoms with E-state index in [0.717, 1.165) is 43.6 Å². The molecule has 20 heavy (non-hydrogen) atoms. The number of piperidine rings is 1. The largest absolute Gasteiger partial charge is 0.316 e. The van der Waals surface area contributed by atoms with E-state index in [2.05, 4.69) is 15.0 Å². The molecule has 0 aromatic carbocycles. The van der Waals surface area contributed by atoms with Crippen LogP contribution in [0.25, 0.3) is 0 Å². The molecule has 6 heteroatoms. The fraction of sp³-hybridized carbons (Fsp3) is 0.643. The van der Waals surface area contributed by atoms with Crippen LogP contribution in [0.3, 0.4) is 0 Å². The van der Waals surface area contributed by atoms with Crippen molar-refractivity contribution in [2.75, 3.05) is 18.8 Å². The number of hydrogen-bond acceptors (Lipinski definition) is 4. The molecule has 0 bridgehead atoms. The predicted molar refractivity (Wildman–Crippen MR) is 79.8 cm³/mol. The number of pyridine rings is 1. The molecule has 1 unspecified atom stereocenters. The summed E-state index contributed by atoms with van der Waals surface area (Å²) < 4.78 is 26.9. The number of hydrogen-bond donors (Lipinski definition) is 2. The second-order valence-corrected chi connectivity index (χ2v) is 7.13. The van der Waals surface area contributed by atoms with E-state index in [1.807, 2.05) is 19.1 Å². The van der Waals surface area contributed by atoms with E-state index in [1.54, 1.807) is 6.20 Å². The Hall–Kier alpha value is -0.980. The fourth-order valence-corrected chi connectivity index (χ4v) is 3.95. The third kappa shape index (κ3) is 4.54. The average Bonchev–Trinajstić information content (AvgIpc) is 2.46. The molecule has 1 aromatic heterocycles. The number of rotatable bonds is 6. The maximum absolute atomic E-state index is 12.1. The van der Waals surface area contributed by atoms with E-state index in [1.165, 1.54) is 0 Å². The van der Waals surface area contributed by atoms with E-state index in [4.69, 9.17) is 0 Å². The van der Waals surface area contributed by atoms with Gasteiger partial charge in [0.05, 0.1) is 18.0 Å². The van der Waals surface area contributed by atoms with E-state index < -0.39 is 10.0 Å². The summed E-state index contributed by atoms with van der Waals surface area (Å²) in [5.74, 6) is 0.421. The lowest BCUT2D eigenvalue weighted by Gasteiger charge is -2.22. The summed E-state index contributed by atoms with van der Waals surface area (Å²) in [6, 6.07) is 3.87. The number of aromatic nitrogens is 1. The van der Waals surface area contributed by atoms with Gasteiger partial charge in [-0.3, -0.25) is 4.98 Å². The standard InChI is InChI=1S/C14H23N3O2S/c1-2-13-6-4-8-16-14(13)10-17-20(18,19)11-12-5-3-7-15-9-12/h4,6,8,12,15,17H,2-3,5,7,9-11H2,1H3. The van der Waals surface area contributed by atoms with E-state index in [9.17, 15) is 8.42 Å². The maximum atomic E-state index is 12.1. The summed E-state index contributed by atoms with van der Waals surface area (Å²) in [7, 11) is -3.23. The molecule has 2 rings (SSSR count). The monoisotopic (exact) mass is 297 g/mol. The Morgan fingerprint density at radius 2 is 2.35 bits per heavy atom. The smallest absolute Gasteiger partial charge is 0.212 e. The molecule has 0 radical (unpaired) electrons. The van der Waals surface area contributed by atoms with Crippen LogP contribution < -0.4 is 10.0 Å². The van der Waals surface area contributed by atoms with E-state index in [0.29, 0.717) is 0 Å². The lowest BCUT2D eigenvalue weighted by molar-refractivity contribution is 0.402. The lowest BCUT2D eigenvalue weighted by Crippen LogP contribution is -2.37. The Morgan fingerprint density at radius 3 is 3.05 bits per heavy atom. The Labute approximate surface area is 121 Å². The molecule has 0 amide bonds. The summed E-state index contributed by atoms with van der Waals surface area (Å²) in [5.41, 5.74) is 1.91. The molecule has 0 saturated carbocycles. The topological polar surface area (TPSA) is 71.1 Å². The first-order chi connectivity index (χ1) is 9.61. The number of nitrogens with one attached hydrogen (secondary N) is 2. The van der Waals surface area contributed by atoms with Crippen LogP contribution in [0.15, 0.2) is 18.3 Å². The summed E-state index contributed by atoms with van der Waals surface area (Å²) in [5, 5.41) is 3.24. The minimum absolute atomic E-state index is 0.203. The van der Waals surface area contributed by atoms with Crippen LogP contribution >= 0.6 is 0 Å². The molecule has 2 heterocycles. The Morgan fingerprint density at radius 1 is 1.50 bits per heavy atom. The minimum atomic E-state index is -3.23. The van der Waals surface area contributed by atoms with Crippen molar-refractivity contribution in [3.05, 3.63) is 29.6 Å². The van der Waals surface area contributed by atoms with Crippen LogP contribution in [0.2, 0.25) is 0 Å². The molecule has 112 valence electrons. The van der Waals surface area contributed by atoms with Crippen molar-refractivity contribution < 1.29 is 8.42 Å². The molecule has 0 aliphatic carbocycles. The summed E-state index contributed by atoms with van der Waals surface area (Å²) >= 11 is 0. The lowest BCUT2D eigenvalue weighted by atomic mass is 10.0. The SMILES string of the molecule is CCc1cccnc1CNS(=O)(=O)CC1CCCNC1. The van der Waals surface area contributed by atoms with Gasteiger partial charge in [-0.15, -0.1) is 0 Å². The van der Waals surface area contributed by atoms with Gasteiger partial charge in [0, 0.05) is 6.20 Å². The molecule has 1 saturated heterocycles. The van der Waals surface area contributed by atoms with Gasteiger partial charge in [-0.2, -0.15) is 0 Å². The van der Waals surface area contributed by atoms with Gasteiger partial charge in [0.15, 0.2) is 0 Å². The first kappa shape index (κ1) is 15.4. The Kier molecular flexibility index (Phi) is 5.51. The molecule has 1 atom stereocenters. The van der Waals surface area contributed by atoms with Gasteiger partial charge in [-0.05, 0) is 49.9 Å². The number of sulfonamides is 1. The molecule has 2 N–H and O–H groups in total. The van der Waals surface area contributed by atoms with Crippen molar-refractivity contribution >= 4 is 10.0 Å². The van der Waals surface area contributed by atoms with Crippen LogP contribution in [0.1, 0.15) is 31.0 Å². The maximum Gasteiger partial charge on any atom is 0.212 e. The van der Waals surface area contributed by atoms with E-state index in [-0.39, 0.29) is 18.2 Å². The third-order valence-electron chi connectivity index (χ3n) is 3.68. The third-order valence-corrected chi connectivity index (χ3v) is 5.17. The molecule has 1 aliphatic heterocycles. The highest BCUT2D eigenvalue weighted by molar-refractivity contribution is 7.89. The highest BCUT2D eigenvalue weighted by Crippen LogP contribution is 2.12. The number of aryl methyl sites for hydroxylation is 1. The molecular weight excluding hydrogens is 274 g/mol. The van der Waals surface area contributed by atoms with Crippen molar-refractivity contribution in [3.63, 3.8) is 0 Å². The van der Waals surface area contributed by atoms with Gasteiger partial charge in [0.2, 0.25) is 10.0 Å². The summed E-state index contributed by atoms with van der Waals surface area (Å²) in [6.45, 7) is 4.12. The van der Waals surface area contributed by atoms with Gasteiger partial charge in [0.1, 0.15) is 0 Å². The van der Waals surface area contributed by atoms with Crippen LogP contribution in [0, 0.1) is 5.92 Å². The quantitative estimate of drug-likeness (QED) is 0.824. The first-order valence-corrected chi connectivity index (χ1v) is 8.87. The Bertz CT molecular complexity index is 525. The highest BCUT2D eigenvalue weighted by atomic mass is 32.2. The zero-order valence-electron chi connectivity index (χ0n) is 11.9. The predicted octanol–water partition coefficient (Wildman–Crippen LogP) is 1.06. The minimum Gasteiger partial charge on any atom is -0.316 e. The Balaban J connectivity index is 1.91. The van der Waals surface area contributed by atoms with Crippen molar-refractivity contribution in [1.82, 2.24) is 15.0 Å². The molecule has 1 aromatic rings. The zero-order valence-corrected chi connectivity index (χ0v) is 12.7. The van der Waals surface area contributed by atoms with Gasteiger partial charge >= 0.3 is 0 Å². The van der Waals surface area contributed by atoms with Crippen LogP contribution in [-0.2, 0) is 23.0 Å². The van der Waals surface area contributed by atoms with E-state index >= 15 is 0 Å². The molecule has 1 fully saturated rings. The normalized spacial score (nSPS) is 19.9. The first-order valence-electron chi connectivity index (χ1n) is 7.21. The molecule has 1 aliphatic rings. The second-order valence-electron chi connectivity index (χ2n) is 5.28. The van der Waals surface area contributed by atoms with Crippen LogP contribution in [0.5, 0.6) is 0 Å². The van der Waals surface area contributed by atoms with Gasteiger partial charge in [0.25, 0.3) is 0 Å². The second kappa shape index (κ2) is 7.15.